The van der Waals surface area contributed by atoms with Gasteiger partial charge in [0.1, 0.15) is 11.0 Å². The molecule has 2 heterocycles. The number of halogens is 2. The molecule has 0 aliphatic carbocycles. The van der Waals surface area contributed by atoms with Gasteiger partial charge in [0.2, 0.25) is 0 Å². The maximum absolute atomic E-state index is 6.26. The van der Waals surface area contributed by atoms with Gasteiger partial charge in [0.15, 0.2) is 0 Å². The molecule has 0 spiro atoms. The van der Waals surface area contributed by atoms with Crippen molar-refractivity contribution in [3.63, 3.8) is 0 Å². The van der Waals surface area contributed by atoms with E-state index >= 15 is 0 Å². The summed E-state index contributed by atoms with van der Waals surface area (Å²) in [7, 11) is 4.34. The molecule has 1 fully saturated rings. The van der Waals surface area contributed by atoms with Gasteiger partial charge in [0, 0.05) is 32.1 Å². The Morgan fingerprint density at radius 1 is 1.30 bits per heavy atom. The molecule has 2 rings (SSSR count). The number of hydrogen-bond acceptors (Lipinski definition) is 4. The lowest BCUT2D eigenvalue weighted by atomic mass is 10.1. The van der Waals surface area contributed by atoms with Gasteiger partial charge in [-0.2, -0.15) is 0 Å². The van der Waals surface area contributed by atoms with Crippen LogP contribution < -0.4 is 0 Å². The number of hydrogen-bond donors (Lipinski definition) is 0. The lowest BCUT2D eigenvalue weighted by Crippen LogP contribution is -2.51. The van der Waals surface area contributed by atoms with Crippen LogP contribution in [-0.4, -0.2) is 59.5 Å². The van der Waals surface area contributed by atoms with Crippen molar-refractivity contribution < 1.29 is 0 Å². The fraction of sp³-hybridized carbons (Fsp3) is 0.714. The fourth-order valence-corrected chi connectivity index (χ4v) is 3.55. The molecule has 0 saturated carbocycles. The average Bonchev–Trinajstić information content (AvgIpc) is 2.37. The highest BCUT2D eigenvalue weighted by Crippen LogP contribution is 2.25. The molecule has 0 aromatic carbocycles. The van der Waals surface area contributed by atoms with Crippen molar-refractivity contribution in [2.45, 2.75) is 32.2 Å². The number of nitrogens with zero attached hydrogens (tertiary/aromatic N) is 4. The number of likely N-dealkylation sites (N-methyl/N-ethyl adjacent to an activating group) is 2. The molecule has 0 amide bonds. The Labute approximate surface area is 140 Å². The first-order valence-corrected chi connectivity index (χ1v) is 8.44. The molecule has 20 heavy (non-hydrogen) atoms. The minimum absolute atomic E-state index is 0.368. The van der Waals surface area contributed by atoms with E-state index in [0.29, 0.717) is 17.1 Å². The highest BCUT2D eigenvalue weighted by Gasteiger charge is 2.24. The van der Waals surface area contributed by atoms with Crippen molar-refractivity contribution >= 4 is 34.2 Å². The Hall–Kier alpha value is 0.0200. The van der Waals surface area contributed by atoms with E-state index < -0.39 is 0 Å². The first kappa shape index (κ1) is 16.4. The maximum atomic E-state index is 6.26. The van der Waals surface area contributed by atoms with Crippen LogP contribution in [0.15, 0.2) is 0 Å². The molecule has 1 unspecified atom stereocenters. The maximum Gasteiger partial charge on any atom is 0.146 e. The first-order chi connectivity index (χ1) is 9.38. The summed E-state index contributed by atoms with van der Waals surface area (Å²) in [4.78, 5) is 14.0. The quantitative estimate of drug-likeness (QED) is 0.568. The van der Waals surface area contributed by atoms with Gasteiger partial charge in [0.05, 0.1) is 9.26 Å². The molecular weight excluding hydrogens is 387 g/mol. The van der Waals surface area contributed by atoms with Crippen molar-refractivity contribution in [1.29, 1.82) is 0 Å². The third kappa shape index (κ3) is 3.81. The molecule has 1 aromatic heterocycles. The fourth-order valence-electron chi connectivity index (χ4n) is 2.49. The summed E-state index contributed by atoms with van der Waals surface area (Å²) < 4.78 is 0.983. The number of aromatic nitrogens is 2. The predicted molar refractivity (Wildman–Crippen MR) is 91.5 cm³/mol. The second-order valence-electron chi connectivity index (χ2n) is 5.89. The zero-order valence-corrected chi connectivity index (χ0v) is 15.4. The Bertz CT molecular complexity index is 480. The topological polar surface area (TPSA) is 32.3 Å². The predicted octanol–water partition coefficient (Wildman–Crippen LogP) is 2.65. The summed E-state index contributed by atoms with van der Waals surface area (Å²) in [6.45, 7) is 7.56. The molecule has 0 radical (unpaired) electrons. The monoisotopic (exact) mass is 408 g/mol. The van der Waals surface area contributed by atoms with E-state index in [1.54, 1.807) is 0 Å². The van der Waals surface area contributed by atoms with Crippen LogP contribution in [0.3, 0.4) is 0 Å². The van der Waals surface area contributed by atoms with Crippen molar-refractivity contribution in [2.24, 2.45) is 0 Å². The lowest BCUT2D eigenvalue weighted by Gasteiger charge is -2.37. The third-order valence-electron chi connectivity index (χ3n) is 3.83. The SMILES string of the molecule is CC(C)c1nc(CC2CN(C)CCN2C)nc(Cl)c1I. The summed E-state index contributed by atoms with van der Waals surface area (Å²) in [6.07, 6.45) is 0.858. The number of piperazine rings is 1. The van der Waals surface area contributed by atoms with Crippen LogP contribution >= 0.6 is 34.2 Å². The normalized spacial score (nSPS) is 21.6. The van der Waals surface area contributed by atoms with Gasteiger partial charge in [-0.3, -0.25) is 0 Å². The van der Waals surface area contributed by atoms with Gasteiger partial charge < -0.3 is 9.80 Å². The van der Waals surface area contributed by atoms with Crippen LogP contribution in [0.4, 0.5) is 0 Å². The van der Waals surface area contributed by atoms with Gasteiger partial charge in [-0.1, -0.05) is 25.4 Å². The molecule has 1 aromatic rings. The van der Waals surface area contributed by atoms with Crippen molar-refractivity contribution in [1.82, 2.24) is 19.8 Å². The van der Waals surface area contributed by atoms with E-state index in [4.69, 9.17) is 16.6 Å². The van der Waals surface area contributed by atoms with Crippen molar-refractivity contribution in [2.75, 3.05) is 33.7 Å². The van der Waals surface area contributed by atoms with Crippen LogP contribution in [0.25, 0.3) is 0 Å². The summed E-state index contributed by atoms with van der Waals surface area (Å²) >= 11 is 8.50. The standard InChI is InChI=1S/C14H22ClIN4/c1-9(2)13-12(16)14(15)18-11(17-13)7-10-8-19(3)5-6-20(10)4/h9-10H,5-8H2,1-4H3. The van der Waals surface area contributed by atoms with Crippen molar-refractivity contribution in [3.8, 4) is 0 Å². The van der Waals surface area contributed by atoms with E-state index in [1.807, 2.05) is 0 Å². The van der Waals surface area contributed by atoms with Gasteiger partial charge in [0.25, 0.3) is 0 Å². The van der Waals surface area contributed by atoms with Gasteiger partial charge in [-0.05, 0) is 42.6 Å². The molecule has 1 aliphatic heterocycles. The Balaban J connectivity index is 2.20. The summed E-state index contributed by atoms with van der Waals surface area (Å²) in [5.41, 5.74) is 1.06. The Morgan fingerprint density at radius 2 is 2.00 bits per heavy atom. The van der Waals surface area contributed by atoms with E-state index in [9.17, 15) is 0 Å². The molecule has 6 heteroatoms. The van der Waals surface area contributed by atoms with Gasteiger partial charge >= 0.3 is 0 Å². The van der Waals surface area contributed by atoms with Crippen molar-refractivity contribution in [3.05, 3.63) is 20.2 Å². The van der Waals surface area contributed by atoms with Crippen LogP contribution in [0.5, 0.6) is 0 Å². The molecule has 1 saturated heterocycles. The van der Waals surface area contributed by atoms with E-state index in [2.05, 4.69) is 65.3 Å². The smallest absolute Gasteiger partial charge is 0.146 e. The van der Waals surface area contributed by atoms with E-state index in [-0.39, 0.29) is 0 Å². The third-order valence-corrected chi connectivity index (χ3v) is 5.48. The second-order valence-corrected chi connectivity index (χ2v) is 7.32. The van der Waals surface area contributed by atoms with Crippen LogP contribution in [-0.2, 0) is 6.42 Å². The molecule has 0 bridgehead atoms. The zero-order chi connectivity index (χ0) is 14.9. The lowest BCUT2D eigenvalue weighted by molar-refractivity contribution is 0.113. The summed E-state index contributed by atoms with van der Waals surface area (Å²) in [5, 5.41) is 0.589. The molecule has 1 aliphatic rings. The molecule has 4 nitrogen and oxygen atoms in total. The zero-order valence-electron chi connectivity index (χ0n) is 12.5. The van der Waals surface area contributed by atoms with E-state index in [1.165, 1.54) is 0 Å². The highest BCUT2D eigenvalue weighted by atomic mass is 127. The highest BCUT2D eigenvalue weighted by molar-refractivity contribution is 14.1. The minimum Gasteiger partial charge on any atom is -0.304 e. The Kier molecular flexibility index (Phi) is 5.62. The van der Waals surface area contributed by atoms with E-state index in [0.717, 1.165) is 41.1 Å². The number of rotatable bonds is 3. The summed E-state index contributed by atoms with van der Waals surface area (Å²) in [6, 6.07) is 0.463. The molecule has 112 valence electrons. The van der Waals surface area contributed by atoms with Crippen LogP contribution in [0, 0.1) is 3.57 Å². The largest absolute Gasteiger partial charge is 0.304 e. The molecule has 0 N–H and O–H groups in total. The van der Waals surface area contributed by atoms with Crippen LogP contribution in [0.2, 0.25) is 5.15 Å². The second kappa shape index (κ2) is 6.85. The molecular formula is C14H22ClIN4. The van der Waals surface area contributed by atoms with Gasteiger partial charge in [-0.15, -0.1) is 0 Å². The molecule has 1 atom stereocenters. The minimum atomic E-state index is 0.368. The first-order valence-electron chi connectivity index (χ1n) is 6.99. The van der Waals surface area contributed by atoms with Gasteiger partial charge in [-0.25, -0.2) is 9.97 Å². The van der Waals surface area contributed by atoms with Crippen LogP contribution in [0.1, 0.15) is 31.3 Å². The Morgan fingerprint density at radius 3 is 2.65 bits per heavy atom. The average molecular weight is 409 g/mol. The summed E-state index contributed by atoms with van der Waals surface area (Å²) in [5.74, 6) is 1.24.